The van der Waals surface area contributed by atoms with Crippen LogP contribution in [0.25, 0.3) is 10.9 Å². The highest BCUT2D eigenvalue weighted by molar-refractivity contribution is 9.10. The lowest BCUT2D eigenvalue weighted by atomic mass is 10.1. The van der Waals surface area contributed by atoms with E-state index in [1.54, 1.807) is 24.5 Å². The Morgan fingerprint density at radius 2 is 2.06 bits per heavy atom. The molecule has 2 atom stereocenters. The number of fused-ring (bicyclic) bond motifs is 1. The van der Waals surface area contributed by atoms with Crippen molar-refractivity contribution >= 4 is 49.2 Å². The molecule has 0 saturated carbocycles. The molecule has 1 unspecified atom stereocenters. The summed E-state index contributed by atoms with van der Waals surface area (Å²) in [6.45, 7) is 4.74. The molecule has 0 radical (unpaired) electrons. The topological polar surface area (TPSA) is 81.2 Å². The summed E-state index contributed by atoms with van der Waals surface area (Å²) < 4.78 is 14.8. The second-order valence-electron chi connectivity index (χ2n) is 7.81. The molecule has 9 heteroatoms. The number of rotatable bonds is 6. The number of nitrogens with zero attached hydrogens (tertiary/aromatic N) is 3. The van der Waals surface area contributed by atoms with Gasteiger partial charge in [0.1, 0.15) is 0 Å². The highest BCUT2D eigenvalue weighted by atomic mass is 79.9. The summed E-state index contributed by atoms with van der Waals surface area (Å²) in [5.74, 6) is 0.497. The summed E-state index contributed by atoms with van der Waals surface area (Å²) in [5.41, 5.74) is 8.38. The van der Waals surface area contributed by atoms with Gasteiger partial charge in [0.2, 0.25) is 0 Å². The zero-order valence-electron chi connectivity index (χ0n) is 17.2. The molecule has 164 valence electrons. The summed E-state index contributed by atoms with van der Waals surface area (Å²) in [6.07, 6.45) is 2.55. The maximum atomic E-state index is 13.2. The van der Waals surface area contributed by atoms with Crippen molar-refractivity contribution in [1.29, 1.82) is 0 Å². The van der Waals surface area contributed by atoms with E-state index in [-0.39, 0.29) is 18.1 Å². The first-order chi connectivity index (χ1) is 14.9. The van der Waals surface area contributed by atoms with Gasteiger partial charge in [-0.2, -0.15) is 0 Å². The number of likely N-dealkylation sites (tertiary alicyclic amines) is 1. The van der Waals surface area contributed by atoms with Crippen molar-refractivity contribution in [3.63, 3.8) is 0 Å². The SMILES string of the molecule is CCS(=O)c1ccc(Cl)cc1Cn1cnc2cc(CN3CC[C@H](N)C3)c(Br)cc2c1=O. The molecule has 2 heterocycles. The fourth-order valence-electron chi connectivity index (χ4n) is 3.94. The Hall–Kier alpha value is -1.58. The van der Waals surface area contributed by atoms with E-state index in [9.17, 15) is 9.00 Å². The molecule has 2 N–H and O–H groups in total. The van der Waals surface area contributed by atoms with Gasteiger partial charge in [0.15, 0.2) is 0 Å². The van der Waals surface area contributed by atoms with Crippen molar-refractivity contribution < 1.29 is 4.21 Å². The lowest BCUT2D eigenvalue weighted by Crippen LogP contribution is -2.26. The lowest BCUT2D eigenvalue weighted by Gasteiger charge is -2.17. The smallest absolute Gasteiger partial charge is 0.261 e. The van der Waals surface area contributed by atoms with Crippen LogP contribution in [0.3, 0.4) is 0 Å². The predicted octanol–water partition coefficient (Wildman–Crippen LogP) is 3.52. The third kappa shape index (κ3) is 4.93. The second-order valence-corrected chi connectivity index (χ2v) is 10.8. The minimum atomic E-state index is -1.15. The second kappa shape index (κ2) is 9.50. The number of aromatic nitrogens is 2. The zero-order chi connectivity index (χ0) is 22.1. The first-order valence-electron chi connectivity index (χ1n) is 10.2. The molecular weight excluding hydrogens is 500 g/mol. The van der Waals surface area contributed by atoms with E-state index < -0.39 is 10.8 Å². The van der Waals surface area contributed by atoms with Gasteiger partial charge in [0, 0.05) is 45.8 Å². The van der Waals surface area contributed by atoms with E-state index in [1.165, 1.54) is 4.57 Å². The molecule has 1 fully saturated rings. The average molecular weight is 524 g/mol. The molecular formula is C22H24BrClN4O2S. The quantitative estimate of drug-likeness (QED) is 0.535. The first kappa shape index (κ1) is 22.6. The third-order valence-electron chi connectivity index (χ3n) is 5.57. The number of hydrogen-bond acceptors (Lipinski definition) is 5. The Labute approximate surface area is 197 Å². The molecule has 0 aliphatic carbocycles. The van der Waals surface area contributed by atoms with Crippen LogP contribution in [0, 0.1) is 0 Å². The van der Waals surface area contributed by atoms with Gasteiger partial charge in [-0.1, -0.05) is 34.5 Å². The number of nitrogens with two attached hydrogens (primary N) is 1. The van der Waals surface area contributed by atoms with E-state index in [4.69, 9.17) is 17.3 Å². The molecule has 1 aliphatic rings. The molecule has 1 aromatic heterocycles. The van der Waals surface area contributed by atoms with Crippen molar-refractivity contribution in [3.8, 4) is 0 Å². The van der Waals surface area contributed by atoms with E-state index in [0.29, 0.717) is 26.6 Å². The molecule has 0 amide bonds. The van der Waals surface area contributed by atoms with Crippen LogP contribution in [0.2, 0.25) is 5.02 Å². The number of benzene rings is 2. The van der Waals surface area contributed by atoms with Gasteiger partial charge in [0.25, 0.3) is 5.56 Å². The van der Waals surface area contributed by atoms with E-state index in [1.807, 2.05) is 19.1 Å². The van der Waals surface area contributed by atoms with Crippen molar-refractivity contribution in [2.45, 2.75) is 37.4 Å². The van der Waals surface area contributed by atoms with Gasteiger partial charge in [-0.15, -0.1) is 0 Å². The Morgan fingerprint density at radius 3 is 2.77 bits per heavy atom. The molecule has 31 heavy (non-hydrogen) atoms. The van der Waals surface area contributed by atoms with Gasteiger partial charge < -0.3 is 5.73 Å². The fraction of sp³-hybridized carbons (Fsp3) is 0.364. The summed E-state index contributed by atoms with van der Waals surface area (Å²) in [7, 11) is -1.15. The Balaban J connectivity index is 1.68. The molecule has 6 nitrogen and oxygen atoms in total. The number of halogens is 2. The molecule has 0 bridgehead atoms. The normalized spacial score (nSPS) is 18.0. The van der Waals surface area contributed by atoms with Crippen LogP contribution in [-0.2, 0) is 23.9 Å². The Morgan fingerprint density at radius 1 is 1.26 bits per heavy atom. The Kier molecular flexibility index (Phi) is 6.93. The summed E-state index contributed by atoms with van der Waals surface area (Å²) in [5, 5.41) is 1.08. The third-order valence-corrected chi connectivity index (χ3v) is 7.95. The van der Waals surface area contributed by atoms with Crippen molar-refractivity contribution in [2.75, 3.05) is 18.8 Å². The number of hydrogen-bond donors (Lipinski definition) is 1. The summed E-state index contributed by atoms with van der Waals surface area (Å²) in [6, 6.07) is 9.29. The monoisotopic (exact) mass is 522 g/mol. The zero-order valence-corrected chi connectivity index (χ0v) is 20.3. The standard InChI is InChI=1S/C22H24BrClN4O2S/c1-2-31(30)21-4-3-16(24)7-15(21)11-28-13-26-20-8-14(10-27-6-5-17(25)12-27)19(23)9-18(20)22(28)29/h3-4,7-9,13,17H,2,5-6,10-12,25H2,1H3/t17-,31?/m0/s1. The lowest BCUT2D eigenvalue weighted by molar-refractivity contribution is 0.326. The van der Waals surface area contributed by atoms with Crippen LogP contribution in [0.15, 0.2) is 50.8 Å². The van der Waals surface area contributed by atoms with E-state index >= 15 is 0 Å². The Bertz CT molecular complexity index is 1220. The molecule has 1 aliphatic heterocycles. The molecule has 4 rings (SSSR count). The molecule has 2 aromatic carbocycles. The highest BCUT2D eigenvalue weighted by Crippen LogP contribution is 2.25. The predicted molar refractivity (Wildman–Crippen MR) is 129 cm³/mol. The minimum absolute atomic E-state index is 0.145. The van der Waals surface area contributed by atoms with Crippen LogP contribution in [0.1, 0.15) is 24.5 Å². The molecule has 3 aromatic rings. The maximum Gasteiger partial charge on any atom is 0.261 e. The van der Waals surface area contributed by atoms with Gasteiger partial charge in [-0.25, -0.2) is 4.98 Å². The van der Waals surface area contributed by atoms with Gasteiger partial charge in [-0.3, -0.25) is 18.5 Å². The largest absolute Gasteiger partial charge is 0.326 e. The fourth-order valence-corrected chi connectivity index (χ4v) is 5.55. The van der Waals surface area contributed by atoms with Gasteiger partial charge >= 0.3 is 0 Å². The van der Waals surface area contributed by atoms with Crippen LogP contribution < -0.4 is 11.3 Å². The highest BCUT2D eigenvalue weighted by Gasteiger charge is 2.20. The van der Waals surface area contributed by atoms with Crippen LogP contribution in [0.4, 0.5) is 0 Å². The molecule has 1 saturated heterocycles. The van der Waals surface area contributed by atoms with E-state index in [2.05, 4.69) is 25.8 Å². The van der Waals surface area contributed by atoms with Crippen LogP contribution in [0.5, 0.6) is 0 Å². The van der Waals surface area contributed by atoms with Crippen molar-refractivity contribution in [2.24, 2.45) is 5.73 Å². The summed E-state index contributed by atoms with van der Waals surface area (Å²) >= 11 is 9.79. The van der Waals surface area contributed by atoms with Crippen molar-refractivity contribution in [3.05, 3.63) is 67.6 Å². The first-order valence-corrected chi connectivity index (χ1v) is 12.7. The summed E-state index contributed by atoms with van der Waals surface area (Å²) in [4.78, 5) is 20.7. The van der Waals surface area contributed by atoms with E-state index in [0.717, 1.165) is 41.7 Å². The van der Waals surface area contributed by atoms with Crippen LogP contribution >= 0.6 is 27.5 Å². The average Bonchev–Trinajstić information content (AvgIpc) is 3.15. The van der Waals surface area contributed by atoms with Gasteiger partial charge in [0.05, 0.1) is 34.6 Å². The van der Waals surface area contributed by atoms with Crippen LogP contribution in [-0.4, -0.2) is 43.5 Å². The minimum Gasteiger partial charge on any atom is -0.326 e. The van der Waals surface area contributed by atoms with Crippen molar-refractivity contribution in [1.82, 2.24) is 14.5 Å². The molecule has 0 spiro atoms. The maximum absolute atomic E-state index is 13.2. The van der Waals surface area contributed by atoms with Gasteiger partial charge in [-0.05, 0) is 47.9 Å².